The number of sulfonamides is 1. The number of nitrogens with zero attached hydrogens (tertiary/aromatic N) is 2. The van der Waals surface area contributed by atoms with Crippen LogP contribution in [-0.2, 0) is 14.8 Å². The molecule has 6 heteroatoms. The largest absolute Gasteiger partial charge is 0.383 e. The quantitative estimate of drug-likeness (QED) is 0.699. The summed E-state index contributed by atoms with van der Waals surface area (Å²) >= 11 is 0. The Morgan fingerprint density at radius 3 is 2.52 bits per heavy atom. The minimum atomic E-state index is -3.41. The Bertz CT molecular complexity index is 552. The predicted molar refractivity (Wildman–Crippen MR) is 82.3 cm³/mol. The molecule has 0 saturated carbocycles. The molecule has 0 aliphatic rings. The minimum Gasteiger partial charge on any atom is -0.383 e. The highest BCUT2D eigenvalue weighted by Gasteiger charge is 2.24. The summed E-state index contributed by atoms with van der Waals surface area (Å²) in [5, 5.41) is 8.66. The molecular formula is C15H22N2O3S. The minimum absolute atomic E-state index is 0.0339. The second kappa shape index (κ2) is 8.78. The predicted octanol–water partition coefficient (Wildman–Crippen LogP) is 1.98. The Hall–Kier alpha value is -1.42. The third kappa shape index (κ3) is 5.84. The molecule has 1 atom stereocenters. The normalized spacial score (nSPS) is 13.0. The van der Waals surface area contributed by atoms with Crippen LogP contribution in [0.25, 0.3) is 0 Å². The second-order valence-electron chi connectivity index (χ2n) is 4.89. The van der Waals surface area contributed by atoms with Crippen molar-refractivity contribution in [3.8, 4) is 6.07 Å². The molecule has 1 unspecified atom stereocenters. The van der Waals surface area contributed by atoms with Crippen LogP contribution in [0, 0.1) is 11.3 Å². The summed E-state index contributed by atoms with van der Waals surface area (Å²) < 4.78 is 31.3. The number of hydrogen-bond acceptors (Lipinski definition) is 4. The molecule has 1 aromatic rings. The molecule has 0 bridgehead atoms. The molecule has 0 aromatic heterocycles. The molecule has 5 nitrogen and oxygen atoms in total. The number of nitriles is 1. The monoisotopic (exact) mass is 310 g/mol. The second-order valence-corrected chi connectivity index (χ2v) is 6.90. The third-order valence-electron chi connectivity index (χ3n) is 3.24. The summed E-state index contributed by atoms with van der Waals surface area (Å²) in [6.07, 6.45) is 0.183. The molecule has 0 fully saturated rings. The summed E-state index contributed by atoms with van der Waals surface area (Å²) in [6.45, 7) is 2.71. The van der Waals surface area contributed by atoms with Crippen molar-refractivity contribution in [1.82, 2.24) is 4.31 Å². The van der Waals surface area contributed by atoms with Crippen molar-refractivity contribution in [2.24, 2.45) is 0 Å². The summed E-state index contributed by atoms with van der Waals surface area (Å²) in [7, 11) is -1.88. The average molecular weight is 310 g/mol. The first-order chi connectivity index (χ1) is 10.0. The average Bonchev–Trinajstić information content (AvgIpc) is 2.47. The Balaban J connectivity index is 2.78. The number of methoxy groups -OCH3 is 1. The van der Waals surface area contributed by atoms with Gasteiger partial charge in [0.05, 0.1) is 18.4 Å². The van der Waals surface area contributed by atoms with Crippen LogP contribution in [0.2, 0.25) is 0 Å². The van der Waals surface area contributed by atoms with E-state index in [0.29, 0.717) is 6.61 Å². The van der Waals surface area contributed by atoms with Gasteiger partial charge in [0, 0.05) is 26.6 Å². The lowest BCUT2D eigenvalue weighted by molar-refractivity contribution is 0.179. The van der Waals surface area contributed by atoms with E-state index in [2.05, 4.69) is 0 Å². The van der Waals surface area contributed by atoms with Crippen LogP contribution in [0.1, 0.15) is 24.8 Å². The number of rotatable bonds is 9. The van der Waals surface area contributed by atoms with Crippen molar-refractivity contribution < 1.29 is 13.2 Å². The van der Waals surface area contributed by atoms with Crippen LogP contribution in [-0.4, -0.2) is 45.3 Å². The smallest absolute Gasteiger partial charge is 0.214 e. The first-order valence-corrected chi connectivity index (χ1v) is 8.51. The van der Waals surface area contributed by atoms with E-state index in [1.807, 2.05) is 43.3 Å². The van der Waals surface area contributed by atoms with Crippen molar-refractivity contribution >= 4 is 10.0 Å². The van der Waals surface area contributed by atoms with E-state index in [4.69, 9.17) is 10.00 Å². The Morgan fingerprint density at radius 1 is 1.29 bits per heavy atom. The van der Waals surface area contributed by atoms with Gasteiger partial charge in [0.1, 0.15) is 0 Å². The molecule has 116 valence electrons. The maximum absolute atomic E-state index is 12.5. The fourth-order valence-corrected chi connectivity index (χ4v) is 3.81. The van der Waals surface area contributed by atoms with E-state index in [9.17, 15) is 8.42 Å². The molecular weight excluding hydrogens is 288 g/mol. The lowest BCUT2D eigenvalue weighted by Gasteiger charge is -2.23. The lowest BCUT2D eigenvalue weighted by Crippen LogP contribution is -2.37. The molecule has 0 amide bonds. The molecule has 0 spiro atoms. The Morgan fingerprint density at radius 2 is 1.95 bits per heavy atom. The standard InChI is InChI=1S/C15H22N2O3S/c1-14(15-7-4-3-5-8-15)13-21(18,19)17(10-6-9-16)11-12-20-2/h3-5,7-8,14H,6,10-13H2,1-2H3. The highest BCUT2D eigenvalue weighted by Crippen LogP contribution is 2.18. The van der Waals surface area contributed by atoms with Crippen LogP contribution in [0.3, 0.4) is 0 Å². The van der Waals surface area contributed by atoms with Crippen LogP contribution in [0.15, 0.2) is 30.3 Å². The lowest BCUT2D eigenvalue weighted by atomic mass is 10.0. The molecule has 1 rings (SSSR count). The van der Waals surface area contributed by atoms with Gasteiger partial charge in [-0.15, -0.1) is 0 Å². The Labute approximate surface area is 127 Å². The van der Waals surface area contributed by atoms with E-state index in [-0.39, 0.29) is 31.2 Å². The van der Waals surface area contributed by atoms with E-state index < -0.39 is 10.0 Å². The number of benzene rings is 1. The van der Waals surface area contributed by atoms with Gasteiger partial charge in [-0.2, -0.15) is 9.57 Å². The zero-order valence-electron chi connectivity index (χ0n) is 12.5. The topological polar surface area (TPSA) is 70.4 Å². The maximum Gasteiger partial charge on any atom is 0.214 e. The number of hydrogen-bond donors (Lipinski definition) is 0. The molecule has 0 N–H and O–H groups in total. The van der Waals surface area contributed by atoms with Gasteiger partial charge in [-0.05, 0) is 11.5 Å². The maximum atomic E-state index is 12.5. The van der Waals surface area contributed by atoms with Gasteiger partial charge in [-0.25, -0.2) is 8.42 Å². The van der Waals surface area contributed by atoms with Crippen LogP contribution in [0.5, 0.6) is 0 Å². The van der Waals surface area contributed by atoms with Crippen LogP contribution in [0.4, 0.5) is 0 Å². The number of ether oxygens (including phenoxy) is 1. The van der Waals surface area contributed by atoms with Crippen LogP contribution < -0.4 is 0 Å². The first-order valence-electron chi connectivity index (χ1n) is 6.90. The fourth-order valence-electron chi connectivity index (χ4n) is 2.06. The molecule has 0 heterocycles. The first kappa shape index (κ1) is 17.6. The molecule has 0 radical (unpaired) electrons. The van der Waals surface area contributed by atoms with E-state index in [1.54, 1.807) is 0 Å². The summed E-state index contributed by atoms with van der Waals surface area (Å²) in [5.74, 6) is -0.0603. The van der Waals surface area contributed by atoms with E-state index in [1.165, 1.54) is 11.4 Å². The molecule has 0 saturated heterocycles. The zero-order valence-corrected chi connectivity index (χ0v) is 13.3. The van der Waals surface area contributed by atoms with E-state index >= 15 is 0 Å². The molecule has 21 heavy (non-hydrogen) atoms. The van der Waals surface area contributed by atoms with Crippen LogP contribution >= 0.6 is 0 Å². The van der Waals surface area contributed by atoms with Crippen molar-refractivity contribution in [3.05, 3.63) is 35.9 Å². The van der Waals surface area contributed by atoms with Gasteiger partial charge in [-0.1, -0.05) is 37.3 Å². The zero-order chi connectivity index (χ0) is 15.7. The van der Waals surface area contributed by atoms with Crippen molar-refractivity contribution in [3.63, 3.8) is 0 Å². The molecule has 0 aliphatic heterocycles. The SMILES string of the molecule is COCCN(CCC#N)S(=O)(=O)CC(C)c1ccccc1. The summed E-state index contributed by atoms with van der Waals surface area (Å²) in [6, 6.07) is 11.5. The fraction of sp³-hybridized carbons (Fsp3) is 0.533. The van der Waals surface area contributed by atoms with Crippen molar-refractivity contribution in [2.45, 2.75) is 19.3 Å². The van der Waals surface area contributed by atoms with Gasteiger partial charge < -0.3 is 4.74 Å². The van der Waals surface area contributed by atoms with Gasteiger partial charge in [0.15, 0.2) is 0 Å². The molecule has 1 aromatic carbocycles. The van der Waals surface area contributed by atoms with Crippen molar-refractivity contribution in [1.29, 1.82) is 5.26 Å². The summed E-state index contributed by atoms with van der Waals surface area (Å²) in [4.78, 5) is 0. The van der Waals surface area contributed by atoms with Crippen molar-refractivity contribution in [2.75, 3.05) is 32.6 Å². The molecule has 0 aliphatic carbocycles. The summed E-state index contributed by atoms with van der Waals surface area (Å²) in [5.41, 5.74) is 0.994. The third-order valence-corrected chi connectivity index (χ3v) is 5.31. The highest BCUT2D eigenvalue weighted by molar-refractivity contribution is 7.89. The van der Waals surface area contributed by atoms with Gasteiger partial charge in [-0.3, -0.25) is 0 Å². The van der Waals surface area contributed by atoms with E-state index in [0.717, 1.165) is 5.56 Å². The Kier molecular flexibility index (Phi) is 7.37. The van der Waals surface area contributed by atoms with Gasteiger partial charge in [0.2, 0.25) is 10.0 Å². The van der Waals surface area contributed by atoms with Gasteiger partial charge in [0.25, 0.3) is 0 Å². The van der Waals surface area contributed by atoms with Gasteiger partial charge >= 0.3 is 0 Å². The highest BCUT2D eigenvalue weighted by atomic mass is 32.2.